The summed E-state index contributed by atoms with van der Waals surface area (Å²) < 4.78 is 2.67. The predicted octanol–water partition coefficient (Wildman–Crippen LogP) is 3.17. The molecule has 1 aromatic carbocycles. The summed E-state index contributed by atoms with van der Waals surface area (Å²) in [7, 11) is 0. The lowest BCUT2D eigenvalue weighted by molar-refractivity contribution is 0.440. The van der Waals surface area contributed by atoms with Gasteiger partial charge >= 0.3 is 0 Å². The average molecular weight is 274 g/mol. The Bertz CT molecular complexity index is 601. The monoisotopic (exact) mass is 274 g/mol. The quantitative estimate of drug-likeness (QED) is 0.855. The van der Waals surface area contributed by atoms with E-state index in [1.807, 2.05) is 22.8 Å². The first-order chi connectivity index (χ1) is 9.25. The van der Waals surface area contributed by atoms with Gasteiger partial charge in [-0.05, 0) is 43.1 Å². The fourth-order valence-electron chi connectivity index (χ4n) is 2.68. The molecule has 4 nitrogen and oxygen atoms in total. The van der Waals surface area contributed by atoms with Gasteiger partial charge in [0.15, 0.2) is 0 Å². The smallest absolute Gasteiger partial charge is 0.230 e. The van der Waals surface area contributed by atoms with E-state index in [4.69, 9.17) is 12.2 Å². The van der Waals surface area contributed by atoms with Gasteiger partial charge in [-0.1, -0.05) is 25.1 Å². The SMILES string of the molecule is CC1CCCN(c2n[nH]c(=S)n2-c2ccccc2)C1. The molecule has 2 aromatic rings. The Labute approximate surface area is 118 Å². The molecular formula is C14H18N4S. The molecule has 0 aliphatic carbocycles. The fourth-order valence-corrected chi connectivity index (χ4v) is 2.91. The van der Waals surface area contributed by atoms with Crippen molar-refractivity contribution in [2.24, 2.45) is 5.92 Å². The van der Waals surface area contributed by atoms with Crippen LogP contribution in [-0.2, 0) is 0 Å². The van der Waals surface area contributed by atoms with Crippen molar-refractivity contribution in [1.82, 2.24) is 14.8 Å². The van der Waals surface area contributed by atoms with Crippen LogP contribution >= 0.6 is 12.2 Å². The van der Waals surface area contributed by atoms with Crippen LogP contribution in [0.3, 0.4) is 0 Å². The van der Waals surface area contributed by atoms with Gasteiger partial charge in [-0.25, -0.2) is 5.10 Å². The van der Waals surface area contributed by atoms with E-state index in [0.717, 1.165) is 24.7 Å². The van der Waals surface area contributed by atoms with Crippen molar-refractivity contribution in [2.75, 3.05) is 18.0 Å². The number of H-pyrrole nitrogens is 1. The van der Waals surface area contributed by atoms with E-state index < -0.39 is 0 Å². The van der Waals surface area contributed by atoms with Crippen LogP contribution < -0.4 is 4.90 Å². The van der Waals surface area contributed by atoms with Crippen LogP contribution in [0.4, 0.5) is 5.95 Å². The largest absolute Gasteiger partial charge is 0.340 e. The lowest BCUT2D eigenvalue weighted by Crippen LogP contribution is -2.36. The molecule has 2 heterocycles. The molecule has 1 aliphatic rings. The summed E-state index contributed by atoms with van der Waals surface area (Å²) in [5.41, 5.74) is 1.06. The molecule has 0 bridgehead atoms. The summed E-state index contributed by atoms with van der Waals surface area (Å²) in [6.45, 7) is 4.39. The second-order valence-corrected chi connectivity index (χ2v) is 5.58. The third kappa shape index (κ3) is 2.42. The second-order valence-electron chi connectivity index (χ2n) is 5.19. The van der Waals surface area contributed by atoms with Crippen molar-refractivity contribution in [3.05, 3.63) is 35.1 Å². The van der Waals surface area contributed by atoms with E-state index in [-0.39, 0.29) is 0 Å². The molecule has 0 saturated carbocycles. The lowest BCUT2D eigenvalue weighted by Gasteiger charge is -2.31. The predicted molar refractivity (Wildman–Crippen MR) is 79.4 cm³/mol. The summed E-state index contributed by atoms with van der Waals surface area (Å²) in [4.78, 5) is 2.33. The van der Waals surface area contributed by atoms with Crippen LogP contribution in [0.1, 0.15) is 19.8 Å². The van der Waals surface area contributed by atoms with Crippen molar-refractivity contribution in [2.45, 2.75) is 19.8 Å². The number of aromatic amines is 1. The highest BCUT2D eigenvalue weighted by Crippen LogP contribution is 2.23. The van der Waals surface area contributed by atoms with Gasteiger partial charge in [0.05, 0.1) is 5.69 Å². The molecular weight excluding hydrogens is 256 g/mol. The van der Waals surface area contributed by atoms with Crippen molar-refractivity contribution >= 4 is 18.2 Å². The number of hydrogen-bond acceptors (Lipinski definition) is 3. The van der Waals surface area contributed by atoms with Gasteiger partial charge in [0.25, 0.3) is 0 Å². The van der Waals surface area contributed by atoms with Crippen LogP contribution in [0, 0.1) is 10.7 Å². The van der Waals surface area contributed by atoms with E-state index >= 15 is 0 Å². The normalized spacial score (nSPS) is 19.6. The van der Waals surface area contributed by atoms with Gasteiger partial charge < -0.3 is 4.90 Å². The number of nitrogens with one attached hydrogen (secondary N) is 1. The molecule has 100 valence electrons. The average Bonchev–Trinajstić information content (AvgIpc) is 2.82. The summed E-state index contributed by atoms with van der Waals surface area (Å²) in [6.07, 6.45) is 2.52. The zero-order chi connectivity index (χ0) is 13.2. The van der Waals surface area contributed by atoms with Crippen LogP contribution in [0.2, 0.25) is 0 Å². The first-order valence-corrected chi connectivity index (χ1v) is 7.14. The molecule has 0 radical (unpaired) electrons. The van der Waals surface area contributed by atoms with Gasteiger partial charge in [-0.15, -0.1) is 5.10 Å². The fraction of sp³-hybridized carbons (Fsp3) is 0.429. The summed E-state index contributed by atoms with van der Waals surface area (Å²) in [6, 6.07) is 10.2. The van der Waals surface area contributed by atoms with Crippen LogP contribution in [-0.4, -0.2) is 27.9 Å². The third-order valence-electron chi connectivity index (χ3n) is 3.61. The Morgan fingerprint density at radius 2 is 2.11 bits per heavy atom. The number of nitrogens with zero attached hydrogens (tertiary/aromatic N) is 3. The summed E-state index contributed by atoms with van der Waals surface area (Å²) in [5, 5.41) is 7.34. The molecule has 1 fully saturated rings. The van der Waals surface area contributed by atoms with Crippen molar-refractivity contribution < 1.29 is 0 Å². The van der Waals surface area contributed by atoms with E-state index in [2.05, 4.69) is 34.2 Å². The number of benzene rings is 1. The molecule has 1 aromatic heterocycles. The van der Waals surface area contributed by atoms with Crippen molar-refractivity contribution in [3.63, 3.8) is 0 Å². The van der Waals surface area contributed by atoms with E-state index in [9.17, 15) is 0 Å². The molecule has 1 N–H and O–H groups in total. The van der Waals surface area contributed by atoms with Gasteiger partial charge in [0.2, 0.25) is 10.7 Å². The molecule has 1 aliphatic heterocycles. The first kappa shape index (κ1) is 12.4. The number of hydrogen-bond donors (Lipinski definition) is 1. The molecule has 1 atom stereocenters. The van der Waals surface area contributed by atoms with E-state index in [1.54, 1.807) is 0 Å². The Morgan fingerprint density at radius 1 is 1.32 bits per heavy atom. The highest BCUT2D eigenvalue weighted by Gasteiger charge is 2.21. The van der Waals surface area contributed by atoms with Crippen molar-refractivity contribution in [3.8, 4) is 5.69 Å². The van der Waals surface area contributed by atoms with Gasteiger partial charge in [-0.3, -0.25) is 4.57 Å². The maximum Gasteiger partial charge on any atom is 0.230 e. The molecule has 0 spiro atoms. The Morgan fingerprint density at radius 3 is 2.84 bits per heavy atom. The molecule has 1 saturated heterocycles. The molecule has 0 amide bonds. The Balaban J connectivity index is 2.01. The zero-order valence-electron chi connectivity index (χ0n) is 11.0. The highest BCUT2D eigenvalue weighted by molar-refractivity contribution is 7.71. The number of rotatable bonds is 2. The minimum atomic E-state index is 0.652. The van der Waals surface area contributed by atoms with Crippen LogP contribution in [0.25, 0.3) is 5.69 Å². The van der Waals surface area contributed by atoms with Crippen LogP contribution in [0.5, 0.6) is 0 Å². The Kier molecular flexibility index (Phi) is 3.38. The topological polar surface area (TPSA) is 36.9 Å². The van der Waals surface area contributed by atoms with Gasteiger partial charge in [-0.2, -0.15) is 0 Å². The van der Waals surface area contributed by atoms with Gasteiger partial charge in [0, 0.05) is 13.1 Å². The number of aromatic nitrogens is 3. The highest BCUT2D eigenvalue weighted by atomic mass is 32.1. The number of para-hydroxylation sites is 1. The number of anilines is 1. The molecule has 1 unspecified atom stereocenters. The third-order valence-corrected chi connectivity index (χ3v) is 3.88. The first-order valence-electron chi connectivity index (χ1n) is 6.73. The minimum absolute atomic E-state index is 0.652. The second kappa shape index (κ2) is 5.17. The molecule has 5 heteroatoms. The van der Waals surface area contributed by atoms with E-state index in [0.29, 0.717) is 10.7 Å². The number of piperidine rings is 1. The molecule has 3 rings (SSSR count). The minimum Gasteiger partial charge on any atom is -0.340 e. The Hall–Kier alpha value is -1.62. The lowest BCUT2D eigenvalue weighted by atomic mass is 10.0. The summed E-state index contributed by atoms with van der Waals surface area (Å²) >= 11 is 5.37. The maximum absolute atomic E-state index is 5.37. The van der Waals surface area contributed by atoms with Gasteiger partial charge in [0.1, 0.15) is 0 Å². The zero-order valence-corrected chi connectivity index (χ0v) is 11.9. The standard InChI is InChI=1S/C14H18N4S/c1-11-6-5-9-17(10-11)13-15-16-14(19)18(13)12-7-3-2-4-8-12/h2-4,7-8,11H,5-6,9-10H2,1H3,(H,16,19). The van der Waals surface area contributed by atoms with Crippen molar-refractivity contribution in [1.29, 1.82) is 0 Å². The summed E-state index contributed by atoms with van der Waals surface area (Å²) in [5.74, 6) is 1.64. The van der Waals surface area contributed by atoms with E-state index in [1.165, 1.54) is 12.8 Å². The maximum atomic E-state index is 5.37. The van der Waals surface area contributed by atoms with Crippen LogP contribution in [0.15, 0.2) is 30.3 Å². The molecule has 19 heavy (non-hydrogen) atoms.